The van der Waals surface area contributed by atoms with Crippen LogP contribution in [-0.2, 0) is 14.4 Å². The predicted octanol–water partition coefficient (Wildman–Crippen LogP) is 2.67. The molecule has 0 saturated carbocycles. The Morgan fingerprint density at radius 1 is 1.07 bits per heavy atom. The van der Waals surface area contributed by atoms with Crippen molar-refractivity contribution in [1.29, 1.82) is 0 Å². The molecule has 2 aliphatic rings. The lowest BCUT2D eigenvalue weighted by atomic mass is 9.95. The van der Waals surface area contributed by atoms with Gasteiger partial charge in [-0.1, -0.05) is 23.7 Å². The van der Waals surface area contributed by atoms with E-state index in [1.54, 1.807) is 48.5 Å². The van der Waals surface area contributed by atoms with E-state index >= 15 is 0 Å². The summed E-state index contributed by atoms with van der Waals surface area (Å²) in [6.45, 7) is 1.34. The van der Waals surface area contributed by atoms with E-state index in [4.69, 9.17) is 16.3 Å². The fourth-order valence-corrected chi connectivity index (χ4v) is 3.69. The van der Waals surface area contributed by atoms with Crippen molar-refractivity contribution in [3.05, 3.63) is 53.6 Å². The molecule has 1 saturated heterocycles. The standard InChI is InChI=1S/C20H16ClN3O4/c1-11(25)17-16-18(24(22-17)13-9-7-12(21)8-10-13)20(27)23(19(16)26)14-5-3-4-6-15(14)28-2/h3-10,16,18H,1-2H3/t16-,18+/m1/s1. The fraction of sp³-hybridized carbons (Fsp3) is 0.200. The molecule has 0 spiro atoms. The average Bonchev–Trinajstić information content (AvgIpc) is 3.20. The lowest BCUT2D eigenvalue weighted by Crippen LogP contribution is -2.39. The molecule has 2 heterocycles. The molecular weight excluding hydrogens is 382 g/mol. The monoisotopic (exact) mass is 397 g/mol. The molecule has 2 atom stereocenters. The zero-order valence-corrected chi connectivity index (χ0v) is 15.9. The lowest BCUT2D eigenvalue weighted by molar-refractivity contribution is -0.122. The number of methoxy groups -OCH3 is 1. The number of fused-ring (bicyclic) bond motifs is 1. The Bertz CT molecular complexity index is 1020. The van der Waals surface area contributed by atoms with E-state index in [9.17, 15) is 14.4 Å². The Morgan fingerprint density at radius 2 is 1.75 bits per heavy atom. The van der Waals surface area contributed by atoms with E-state index in [2.05, 4.69) is 5.10 Å². The number of amides is 2. The van der Waals surface area contributed by atoms with Gasteiger partial charge in [-0.25, -0.2) is 4.90 Å². The molecule has 0 radical (unpaired) electrons. The summed E-state index contributed by atoms with van der Waals surface area (Å²) in [6, 6.07) is 12.5. The van der Waals surface area contributed by atoms with E-state index in [1.165, 1.54) is 19.0 Å². The number of anilines is 2. The second kappa shape index (κ2) is 6.76. The van der Waals surface area contributed by atoms with Crippen molar-refractivity contribution in [3.8, 4) is 5.75 Å². The second-order valence-corrected chi connectivity index (χ2v) is 6.91. The van der Waals surface area contributed by atoms with Crippen molar-refractivity contribution in [2.75, 3.05) is 17.0 Å². The Hall–Kier alpha value is -3.19. The van der Waals surface area contributed by atoms with Gasteiger partial charge in [-0.3, -0.25) is 19.4 Å². The van der Waals surface area contributed by atoms with Gasteiger partial charge in [-0.2, -0.15) is 5.10 Å². The number of rotatable bonds is 4. The fourth-order valence-electron chi connectivity index (χ4n) is 3.56. The summed E-state index contributed by atoms with van der Waals surface area (Å²) in [7, 11) is 1.47. The van der Waals surface area contributed by atoms with E-state index in [-0.39, 0.29) is 11.5 Å². The Labute approximate surface area is 166 Å². The first-order valence-corrected chi connectivity index (χ1v) is 8.97. The first-order chi connectivity index (χ1) is 13.4. The minimum atomic E-state index is -0.967. The largest absolute Gasteiger partial charge is 0.495 e. The van der Waals surface area contributed by atoms with Gasteiger partial charge < -0.3 is 4.74 Å². The van der Waals surface area contributed by atoms with Gasteiger partial charge in [-0.05, 0) is 36.4 Å². The number of ketones is 1. The molecule has 7 nitrogen and oxygen atoms in total. The average molecular weight is 398 g/mol. The minimum absolute atomic E-state index is 0.0655. The maximum absolute atomic E-state index is 13.3. The topological polar surface area (TPSA) is 79.3 Å². The van der Waals surface area contributed by atoms with Gasteiger partial charge in [0, 0.05) is 11.9 Å². The summed E-state index contributed by atoms with van der Waals surface area (Å²) in [5.74, 6) is -1.89. The van der Waals surface area contributed by atoms with Gasteiger partial charge in [0.1, 0.15) is 23.4 Å². The number of hydrogen-bond acceptors (Lipinski definition) is 6. The van der Waals surface area contributed by atoms with Crippen LogP contribution in [0.5, 0.6) is 5.75 Å². The van der Waals surface area contributed by atoms with E-state index < -0.39 is 23.8 Å². The zero-order chi connectivity index (χ0) is 20.0. The highest BCUT2D eigenvalue weighted by molar-refractivity contribution is 6.49. The molecule has 0 bridgehead atoms. The first-order valence-electron chi connectivity index (χ1n) is 8.59. The van der Waals surface area contributed by atoms with Crippen molar-refractivity contribution in [2.24, 2.45) is 11.0 Å². The smallest absolute Gasteiger partial charge is 0.260 e. The number of Topliss-reactive ketones (excluding diaryl/α,β-unsaturated/α-hetero) is 1. The predicted molar refractivity (Wildman–Crippen MR) is 105 cm³/mol. The van der Waals surface area contributed by atoms with Gasteiger partial charge in [-0.15, -0.1) is 0 Å². The van der Waals surface area contributed by atoms with E-state index in [1.807, 2.05) is 0 Å². The van der Waals surface area contributed by atoms with Crippen LogP contribution < -0.4 is 14.6 Å². The number of imide groups is 1. The second-order valence-electron chi connectivity index (χ2n) is 6.47. The summed E-state index contributed by atoms with van der Waals surface area (Å²) in [5.41, 5.74) is 0.975. The normalized spacial score (nSPS) is 21.0. The number of halogens is 1. The maximum Gasteiger partial charge on any atom is 0.260 e. The summed E-state index contributed by atoms with van der Waals surface area (Å²) in [5, 5.41) is 6.25. The molecule has 2 aliphatic heterocycles. The van der Waals surface area contributed by atoms with Gasteiger partial charge in [0.05, 0.1) is 18.5 Å². The number of ether oxygens (including phenoxy) is 1. The maximum atomic E-state index is 13.3. The third-order valence-electron chi connectivity index (χ3n) is 4.83. The van der Waals surface area contributed by atoms with Crippen LogP contribution in [-0.4, -0.2) is 36.5 Å². The number of benzene rings is 2. The van der Waals surface area contributed by atoms with Crippen molar-refractivity contribution in [2.45, 2.75) is 13.0 Å². The van der Waals surface area contributed by atoms with Crippen molar-refractivity contribution in [3.63, 3.8) is 0 Å². The highest BCUT2D eigenvalue weighted by Crippen LogP contribution is 2.40. The van der Waals surface area contributed by atoms with E-state index in [0.717, 1.165) is 4.90 Å². The van der Waals surface area contributed by atoms with Crippen molar-refractivity contribution in [1.82, 2.24) is 0 Å². The molecule has 28 heavy (non-hydrogen) atoms. The van der Waals surface area contributed by atoms with Crippen LogP contribution >= 0.6 is 11.6 Å². The Balaban J connectivity index is 1.82. The molecule has 0 aromatic heterocycles. The number of hydrogen-bond donors (Lipinski definition) is 0. The third-order valence-corrected chi connectivity index (χ3v) is 5.08. The zero-order valence-electron chi connectivity index (χ0n) is 15.1. The molecule has 2 aromatic rings. The molecule has 2 aromatic carbocycles. The summed E-state index contributed by atoms with van der Waals surface area (Å²) in [4.78, 5) is 39.7. The van der Waals surface area contributed by atoms with Gasteiger partial charge >= 0.3 is 0 Å². The summed E-state index contributed by atoms with van der Waals surface area (Å²) in [6.07, 6.45) is 0. The van der Waals surface area contributed by atoms with Crippen LogP contribution in [0.15, 0.2) is 53.6 Å². The molecular formula is C20H16ClN3O4. The summed E-state index contributed by atoms with van der Waals surface area (Å²) >= 11 is 5.95. The number of carbonyl (C=O) groups excluding carboxylic acids is 3. The molecule has 1 fully saturated rings. The molecule has 0 unspecified atom stereocenters. The molecule has 8 heteroatoms. The van der Waals surface area contributed by atoms with E-state index in [0.29, 0.717) is 22.1 Å². The molecule has 0 aliphatic carbocycles. The number of para-hydroxylation sites is 2. The van der Waals surface area contributed by atoms with Crippen molar-refractivity contribution >= 4 is 46.3 Å². The van der Waals surface area contributed by atoms with Crippen LogP contribution in [0.4, 0.5) is 11.4 Å². The van der Waals surface area contributed by atoms with Gasteiger partial charge in [0.15, 0.2) is 5.78 Å². The Morgan fingerprint density at radius 3 is 2.39 bits per heavy atom. The molecule has 0 N–H and O–H groups in total. The van der Waals surface area contributed by atoms with Crippen LogP contribution in [0.25, 0.3) is 0 Å². The van der Waals surface area contributed by atoms with Crippen LogP contribution in [0.1, 0.15) is 6.92 Å². The van der Waals surface area contributed by atoms with Crippen LogP contribution in [0.2, 0.25) is 5.02 Å². The Kier molecular flexibility index (Phi) is 4.39. The third kappa shape index (κ3) is 2.66. The highest BCUT2D eigenvalue weighted by atomic mass is 35.5. The molecule has 2 amide bonds. The van der Waals surface area contributed by atoms with Gasteiger partial charge in [0.2, 0.25) is 5.91 Å². The van der Waals surface area contributed by atoms with Crippen molar-refractivity contribution < 1.29 is 19.1 Å². The quantitative estimate of drug-likeness (QED) is 0.741. The summed E-state index contributed by atoms with van der Waals surface area (Å²) < 4.78 is 5.30. The van der Waals surface area contributed by atoms with Crippen LogP contribution in [0.3, 0.4) is 0 Å². The number of nitrogens with zero attached hydrogens (tertiary/aromatic N) is 3. The minimum Gasteiger partial charge on any atom is -0.495 e. The van der Waals surface area contributed by atoms with Gasteiger partial charge in [0.25, 0.3) is 5.91 Å². The SMILES string of the molecule is COc1ccccc1N1C(=O)[C@@H]2C(C(C)=O)=NN(c3ccc(Cl)cc3)[C@@H]2C1=O. The highest BCUT2D eigenvalue weighted by Gasteiger charge is 2.58. The lowest BCUT2D eigenvalue weighted by Gasteiger charge is -2.22. The molecule has 4 rings (SSSR count). The van der Waals surface area contributed by atoms with Crippen LogP contribution in [0, 0.1) is 5.92 Å². The first kappa shape index (κ1) is 18.2. The molecule has 142 valence electrons. The number of hydrazone groups is 1. The number of carbonyl (C=O) groups is 3.